The molecule has 0 aliphatic carbocycles. The van der Waals surface area contributed by atoms with Crippen molar-refractivity contribution in [1.82, 2.24) is 4.90 Å². The van der Waals surface area contributed by atoms with Gasteiger partial charge in [-0.3, -0.25) is 9.59 Å². The van der Waals surface area contributed by atoms with Crippen molar-refractivity contribution in [3.8, 4) is 0 Å². The molecule has 0 saturated carbocycles. The lowest BCUT2D eigenvalue weighted by Gasteiger charge is -2.21. The zero-order chi connectivity index (χ0) is 15.1. The van der Waals surface area contributed by atoms with Gasteiger partial charge in [0.25, 0.3) is 5.91 Å². The van der Waals surface area contributed by atoms with Crippen molar-refractivity contribution >= 4 is 23.5 Å². The second kappa shape index (κ2) is 4.85. The van der Waals surface area contributed by atoms with Gasteiger partial charge in [0, 0.05) is 24.2 Å². The Kier molecular flexibility index (Phi) is 3.13. The van der Waals surface area contributed by atoms with Gasteiger partial charge in [0.1, 0.15) is 6.04 Å². The third-order valence-corrected chi connectivity index (χ3v) is 3.81. The summed E-state index contributed by atoms with van der Waals surface area (Å²) < 4.78 is 0. The number of carbonyl (C=O) groups excluding carboxylic acids is 2. The van der Waals surface area contributed by atoms with Crippen LogP contribution in [0.3, 0.4) is 0 Å². The number of β-amino-alcohol motifs (C(OH)–C–C–N with tert-alkyl or cyclic N) is 1. The number of aliphatic hydroxyl groups excluding tert-OH is 1. The highest BCUT2D eigenvalue weighted by Gasteiger charge is 2.39. The number of carboxylic acids is 1. The monoisotopic (exact) mass is 290 g/mol. The van der Waals surface area contributed by atoms with Gasteiger partial charge in [-0.2, -0.15) is 0 Å². The number of amides is 2. The van der Waals surface area contributed by atoms with Gasteiger partial charge < -0.3 is 20.4 Å². The molecule has 0 bridgehead atoms. The molecule has 2 aliphatic rings. The lowest BCUT2D eigenvalue weighted by Crippen LogP contribution is -2.40. The lowest BCUT2D eigenvalue weighted by atomic mass is 10.1. The van der Waals surface area contributed by atoms with Gasteiger partial charge in [-0.05, 0) is 17.7 Å². The zero-order valence-electron chi connectivity index (χ0n) is 11.1. The van der Waals surface area contributed by atoms with Gasteiger partial charge in [0.05, 0.1) is 12.5 Å². The van der Waals surface area contributed by atoms with Gasteiger partial charge in [-0.25, -0.2) is 4.79 Å². The van der Waals surface area contributed by atoms with Crippen molar-refractivity contribution < 1.29 is 24.6 Å². The molecule has 0 spiro atoms. The summed E-state index contributed by atoms with van der Waals surface area (Å²) in [7, 11) is 0. The number of benzene rings is 1. The first-order valence-corrected chi connectivity index (χ1v) is 6.60. The molecular weight excluding hydrogens is 276 g/mol. The summed E-state index contributed by atoms with van der Waals surface area (Å²) >= 11 is 0. The Labute approximate surface area is 120 Å². The molecule has 1 aromatic rings. The van der Waals surface area contributed by atoms with Gasteiger partial charge in [-0.15, -0.1) is 0 Å². The Morgan fingerprint density at radius 1 is 1.33 bits per heavy atom. The second-order valence-electron chi connectivity index (χ2n) is 5.30. The Bertz CT molecular complexity index is 642. The van der Waals surface area contributed by atoms with Crippen LogP contribution in [0.5, 0.6) is 0 Å². The van der Waals surface area contributed by atoms with Gasteiger partial charge in [-0.1, -0.05) is 6.07 Å². The molecule has 1 saturated heterocycles. The molecule has 3 N–H and O–H groups in total. The number of rotatable bonds is 2. The van der Waals surface area contributed by atoms with E-state index in [0.717, 1.165) is 10.5 Å². The molecule has 3 rings (SSSR count). The van der Waals surface area contributed by atoms with Crippen LogP contribution >= 0.6 is 0 Å². The molecule has 7 heteroatoms. The van der Waals surface area contributed by atoms with Crippen LogP contribution in [-0.4, -0.2) is 51.6 Å². The average molecular weight is 290 g/mol. The number of hydrogen-bond donors (Lipinski definition) is 3. The van der Waals surface area contributed by atoms with Crippen LogP contribution in [0.25, 0.3) is 0 Å². The highest BCUT2D eigenvalue weighted by atomic mass is 16.4. The van der Waals surface area contributed by atoms with Gasteiger partial charge in [0.15, 0.2) is 0 Å². The predicted molar refractivity (Wildman–Crippen MR) is 71.9 cm³/mol. The number of aliphatic carboxylic acids is 1. The van der Waals surface area contributed by atoms with E-state index in [9.17, 15) is 19.5 Å². The minimum absolute atomic E-state index is 0.000750. The third kappa shape index (κ3) is 2.36. The first-order valence-electron chi connectivity index (χ1n) is 6.60. The minimum Gasteiger partial charge on any atom is -0.480 e. The summed E-state index contributed by atoms with van der Waals surface area (Å²) in [6, 6.07) is 3.79. The van der Waals surface area contributed by atoms with Crippen LogP contribution in [0.15, 0.2) is 18.2 Å². The largest absolute Gasteiger partial charge is 0.480 e. The number of nitrogens with zero attached hydrogens (tertiary/aromatic N) is 1. The zero-order valence-corrected chi connectivity index (χ0v) is 11.1. The number of hydrogen-bond acceptors (Lipinski definition) is 4. The van der Waals surface area contributed by atoms with Gasteiger partial charge >= 0.3 is 5.97 Å². The topological polar surface area (TPSA) is 107 Å². The molecule has 7 nitrogen and oxygen atoms in total. The SMILES string of the molecule is O=C1Cc2ccc(C(=O)N3C[C@@H](O)C[C@H]3C(=O)O)cc2N1. The fourth-order valence-corrected chi connectivity index (χ4v) is 2.79. The van der Waals surface area contributed by atoms with Crippen molar-refractivity contribution in [3.63, 3.8) is 0 Å². The molecule has 2 amide bonds. The molecule has 2 aliphatic heterocycles. The van der Waals surface area contributed by atoms with E-state index in [4.69, 9.17) is 5.11 Å². The van der Waals surface area contributed by atoms with E-state index in [-0.39, 0.29) is 25.3 Å². The van der Waals surface area contributed by atoms with Crippen molar-refractivity contribution in [2.45, 2.75) is 25.0 Å². The lowest BCUT2D eigenvalue weighted by molar-refractivity contribution is -0.141. The average Bonchev–Trinajstić information content (AvgIpc) is 2.98. The fraction of sp³-hybridized carbons (Fsp3) is 0.357. The Morgan fingerprint density at radius 3 is 2.81 bits per heavy atom. The summed E-state index contributed by atoms with van der Waals surface area (Å²) in [5, 5.41) is 21.4. The second-order valence-corrected chi connectivity index (χ2v) is 5.30. The standard InChI is InChI=1S/C14H14N2O5/c17-9-5-11(14(20)21)16(6-9)13(19)8-2-1-7-4-12(18)15-10(7)3-8/h1-3,9,11,17H,4-6H2,(H,15,18)(H,20,21)/t9-,11-/m0/s1. The highest BCUT2D eigenvalue weighted by molar-refractivity contribution is 6.03. The number of carboxylic acid groups (broad SMARTS) is 1. The summed E-state index contributed by atoms with van der Waals surface area (Å²) in [6.07, 6.45) is -0.517. The van der Waals surface area contributed by atoms with Crippen LogP contribution in [0.4, 0.5) is 5.69 Å². The minimum atomic E-state index is -1.13. The smallest absolute Gasteiger partial charge is 0.326 e. The molecule has 0 aromatic heterocycles. The summed E-state index contributed by atoms with van der Waals surface area (Å²) in [4.78, 5) is 36.1. The molecule has 1 aromatic carbocycles. The van der Waals surface area contributed by atoms with E-state index in [1.54, 1.807) is 18.2 Å². The maximum absolute atomic E-state index is 12.4. The number of likely N-dealkylation sites (tertiary alicyclic amines) is 1. The Morgan fingerprint density at radius 2 is 2.10 bits per heavy atom. The molecule has 2 heterocycles. The van der Waals surface area contributed by atoms with Crippen molar-refractivity contribution in [2.24, 2.45) is 0 Å². The molecule has 110 valence electrons. The van der Waals surface area contributed by atoms with Crippen LogP contribution in [0.1, 0.15) is 22.3 Å². The maximum Gasteiger partial charge on any atom is 0.326 e. The molecule has 2 atom stereocenters. The normalized spacial score (nSPS) is 23.9. The Hall–Kier alpha value is -2.41. The summed E-state index contributed by atoms with van der Waals surface area (Å²) in [5.41, 5.74) is 1.70. The van der Waals surface area contributed by atoms with Crippen LogP contribution in [0, 0.1) is 0 Å². The van der Waals surface area contributed by atoms with E-state index in [1.807, 2.05) is 0 Å². The number of anilines is 1. The van der Waals surface area contributed by atoms with Crippen LogP contribution in [0.2, 0.25) is 0 Å². The van der Waals surface area contributed by atoms with E-state index < -0.39 is 24.0 Å². The predicted octanol–water partition coefficient (Wildman–Crippen LogP) is -0.159. The molecule has 1 fully saturated rings. The number of fused-ring (bicyclic) bond motifs is 1. The van der Waals surface area contributed by atoms with Crippen molar-refractivity contribution in [1.29, 1.82) is 0 Å². The van der Waals surface area contributed by atoms with E-state index in [1.165, 1.54) is 0 Å². The maximum atomic E-state index is 12.4. The van der Waals surface area contributed by atoms with E-state index >= 15 is 0 Å². The van der Waals surface area contributed by atoms with Crippen LogP contribution in [-0.2, 0) is 16.0 Å². The van der Waals surface area contributed by atoms with Gasteiger partial charge in [0.2, 0.25) is 5.91 Å². The first-order chi connectivity index (χ1) is 9.95. The van der Waals surface area contributed by atoms with Crippen molar-refractivity contribution in [2.75, 3.05) is 11.9 Å². The fourth-order valence-electron chi connectivity index (χ4n) is 2.79. The van der Waals surface area contributed by atoms with Crippen LogP contribution < -0.4 is 5.32 Å². The van der Waals surface area contributed by atoms with E-state index in [0.29, 0.717) is 11.3 Å². The summed E-state index contributed by atoms with van der Waals surface area (Å²) in [6.45, 7) is -0.000750. The first kappa shape index (κ1) is 13.6. The quantitative estimate of drug-likeness (QED) is 0.701. The highest BCUT2D eigenvalue weighted by Crippen LogP contribution is 2.26. The number of nitrogens with one attached hydrogen (secondary N) is 1. The molecule has 21 heavy (non-hydrogen) atoms. The van der Waals surface area contributed by atoms with E-state index in [2.05, 4.69) is 5.32 Å². The van der Waals surface area contributed by atoms with Crippen molar-refractivity contribution in [3.05, 3.63) is 29.3 Å². The number of aliphatic hydroxyl groups is 1. The third-order valence-electron chi connectivity index (χ3n) is 3.81. The molecule has 0 unspecified atom stereocenters. The summed E-state index contributed by atoms with van der Waals surface area (Å²) in [5.74, 6) is -1.72. The molecular formula is C14H14N2O5. The number of carbonyl (C=O) groups is 3. The molecule has 0 radical (unpaired) electrons. The Balaban J connectivity index is 1.87.